The van der Waals surface area contributed by atoms with Crippen LogP contribution in [0.2, 0.25) is 0 Å². The van der Waals surface area contributed by atoms with Crippen LogP contribution in [0.4, 0.5) is 4.79 Å². The minimum atomic E-state index is -0.451. The van der Waals surface area contributed by atoms with Crippen LogP contribution in [0, 0.1) is 0 Å². The number of fused-ring (bicyclic) bond motifs is 3. The minimum absolute atomic E-state index is 0.0373. The zero-order chi connectivity index (χ0) is 38.7. The van der Waals surface area contributed by atoms with Crippen LogP contribution in [0.5, 0.6) is 0 Å². The van der Waals surface area contributed by atoms with E-state index < -0.39 is 6.09 Å². The second kappa shape index (κ2) is 33.4. The van der Waals surface area contributed by atoms with E-state index in [1.165, 1.54) is 22.3 Å². The maximum absolute atomic E-state index is 12.2. The molecule has 0 spiro atoms. The molecule has 1 aliphatic carbocycles. The summed E-state index contributed by atoms with van der Waals surface area (Å²) < 4.78 is 65.9. The van der Waals surface area contributed by atoms with Crippen molar-refractivity contribution >= 4 is 6.09 Å². The molecule has 3 rings (SSSR count). The Hall–Kier alpha value is -2.73. The number of unbranched alkanes of at least 4 members (excludes halogenated alkanes) is 1. The Bertz CT molecular complexity index is 1160. The molecule has 1 aliphatic rings. The van der Waals surface area contributed by atoms with E-state index in [4.69, 9.17) is 56.8 Å². The van der Waals surface area contributed by atoms with Crippen LogP contribution in [0.3, 0.4) is 0 Å². The average Bonchev–Trinajstić information content (AvgIpc) is 3.53. The second-order valence-corrected chi connectivity index (χ2v) is 12.3. The van der Waals surface area contributed by atoms with Gasteiger partial charge in [-0.3, -0.25) is 0 Å². The van der Waals surface area contributed by atoms with Gasteiger partial charge in [0, 0.05) is 19.1 Å². The summed E-state index contributed by atoms with van der Waals surface area (Å²) in [6, 6.07) is 16.5. The summed E-state index contributed by atoms with van der Waals surface area (Å²) in [6.45, 7) is 14.1. The van der Waals surface area contributed by atoms with Gasteiger partial charge < -0.3 is 62.2 Å². The number of carbonyl (C=O) groups excluding carboxylic acids is 1. The monoisotopic (exact) mass is 779 g/mol. The van der Waals surface area contributed by atoms with E-state index >= 15 is 0 Å². The molecule has 0 fully saturated rings. The summed E-state index contributed by atoms with van der Waals surface area (Å²) in [7, 11) is 0. The van der Waals surface area contributed by atoms with E-state index in [2.05, 4.69) is 36.5 Å². The number of benzene rings is 2. The van der Waals surface area contributed by atoms with Crippen molar-refractivity contribution in [2.75, 3.05) is 159 Å². The van der Waals surface area contributed by atoms with Crippen LogP contribution in [0.25, 0.3) is 11.1 Å². The fraction of sp³-hybridized carbons (Fsp3) is 0.683. The number of amides is 1. The number of alkyl carbamates (subject to hydrolysis) is 1. The van der Waals surface area contributed by atoms with E-state index in [1.807, 2.05) is 24.3 Å². The number of rotatable bonds is 38. The lowest BCUT2D eigenvalue weighted by molar-refractivity contribution is -0.0274. The van der Waals surface area contributed by atoms with Crippen molar-refractivity contribution in [3.63, 3.8) is 0 Å². The Morgan fingerprint density at radius 2 is 0.764 bits per heavy atom. The Balaban J connectivity index is 0.941. The second-order valence-electron chi connectivity index (χ2n) is 12.3. The van der Waals surface area contributed by atoms with E-state index in [9.17, 15) is 4.79 Å². The fourth-order valence-electron chi connectivity index (χ4n) is 5.42. The van der Waals surface area contributed by atoms with E-state index in [0.717, 1.165) is 19.4 Å². The molecule has 2 aromatic carbocycles. The average molecular weight is 780 g/mol. The first-order valence-electron chi connectivity index (χ1n) is 19.7. The number of carbonyl (C=O) groups is 1. The molecule has 0 aromatic heterocycles. The molecule has 0 unspecified atom stereocenters. The van der Waals surface area contributed by atoms with Crippen LogP contribution in [0.1, 0.15) is 36.8 Å². The molecule has 2 aromatic rings. The lowest BCUT2D eigenvalue weighted by atomic mass is 9.98. The highest BCUT2D eigenvalue weighted by molar-refractivity contribution is 5.79. The molecule has 1 amide bonds. The first-order chi connectivity index (χ1) is 27.3. The van der Waals surface area contributed by atoms with Crippen LogP contribution >= 0.6 is 0 Å². The van der Waals surface area contributed by atoms with Gasteiger partial charge in [-0.2, -0.15) is 0 Å². The maximum Gasteiger partial charge on any atom is 0.407 e. The number of nitrogens with one attached hydrogen (secondary N) is 1. The predicted octanol–water partition coefficient (Wildman–Crippen LogP) is 4.51. The van der Waals surface area contributed by atoms with Gasteiger partial charge in [0.25, 0.3) is 0 Å². The molecule has 312 valence electrons. The van der Waals surface area contributed by atoms with Crippen LogP contribution in [-0.2, 0) is 56.8 Å². The van der Waals surface area contributed by atoms with Crippen molar-refractivity contribution in [3.05, 3.63) is 59.7 Å². The Labute approximate surface area is 327 Å². The van der Waals surface area contributed by atoms with Gasteiger partial charge in [0.05, 0.1) is 139 Å². The predicted molar refractivity (Wildman–Crippen MR) is 207 cm³/mol. The quantitative estimate of drug-likeness (QED) is 0.0958. The first-order valence-corrected chi connectivity index (χ1v) is 19.7. The lowest BCUT2D eigenvalue weighted by Crippen LogP contribution is -2.29. The highest BCUT2D eigenvalue weighted by atomic mass is 16.6. The molecule has 0 bridgehead atoms. The Kier molecular flexibility index (Phi) is 28.3. The minimum Gasteiger partial charge on any atom is -0.449 e. The molecule has 0 aliphatic heterocycles. The topological polar surface area (TPSA) is 140 Å². The zero-order valence-corrected chi connectivity index (χ0v) is 32.9. The van der Waals surface area contributed by atoms with Crippen molar-refractivity contribution in [2.24, 2.45) is 0 Å². The SMILES string of the molecule is CCCCOCCOCCOCCOCCOCCOCCOCCOCCOCCOCCOCCNC(=O)OCC1c2ccccc2-c2ccccc21. The molecular formula is C41H65NO13. The molecular weight excluding hydrogens is 714 g/mol. The molecule has 0 saturated heterocycles. The third kappa shape index (κ3) is 22.6. The molecule has 1 N–H and O–H groups in total. The van der Waals surface area contributed by atoms with Crippen molar-refractivity contribution in [1.29, 1.82) is 0 Å². The molecule has 0 radical (unpaired) electrons. The summed E-state index contributed by atoms with van der Waals surface area (Å²) >= 11 is 0. The van der Waals surface area contributed by atoms with Crippen LogP contribution in [-0.4, -0.2) is 165 Å². The Morgan fingerprint density at radius 3 is 1.11 bits per heavy atom. The van der Waals surface area contributed by atoms with Gasteiger partial charge in [0.15, 0.2) is 0 Å². The number of ether oxygens (including phenoxy) is 12. The summed E-state index contributed by atoms with van der Waals surface area (Å²) in [5.41, 5.74) is 4.77. The van der Waals surface area contributed by atoms with Gasteiger partial charge in [-0.25, -0.2) is 4.79 Å². The largest absolute Gasteiger partial charge is 0.449 e. The van der Waals surface area contributed by atoms with Gasteiger partial charge in [-0.15, -0.1) is 0 Å². The lowest BCUT2D eigenvalue weighted by Gasteiger charge is -2.14. The van der Waals surface area contributed by atoms with Crippen molar-refractivity contribution in [3.8, 4) is 11.1 Å². The number of hydrogen-bond donors (Lipinski definition) is 1. The smallest absolute Gasteiger partial charge is 0.407 e. The summed E-state index contributed by atoms with van der Waals surface area (Å²) in [4.78, 5) is 12.2. The van der Waals surface area contributed by atoms with Gasteiger partial charge in [0.2, 0.25) is 0 Å². The molecule has 14 heteroatoms. The Morgan fingerprint density at radius 1 is 0.455 bits per heavy atom. The van der Waals surface area contributed by atoms with E-state index in [-0.39, 0.29) is 12.5 Å². The number of hydrogen-bond acceptors (Lipinski definition) is 13. The van der Waals surface area contributed by atoms with Crippen molar-refractivity contribution in [2.45, 2.75) is 25.7 Å². The highest BCUT2D eigenvalue weighted by Gasteiger charge is 2.28. The molecule has 55 heavy (non-hydrogen) atoms. The highest BCUT2D eigenvalue weighted by Crippen LogP contribution is 2.44. The van der Waals surface area contributed by atoms with Crippen molar-refractivity contribution in [1.82, 2.24) is 5.32 Å². The summed E-state index contributed by atoms with van der Waals surface area (Å²) in [5.74, 6) is 0.0373. The fourth-order valence-corrected chi connectivity index (χ4v) is 5.42. The third-order valence-corrected chi connectivity index (χ3v) is 8.22. The molecule has 14 nitrogen and oxygen atoms in total. The first kappa shape index (κ1) is 46.7. The van der Waals surface area contributed by atoms with Gasteiger partial charge in [0.1, 0.15) is 6.61 Å². The normalized spacial score (nSPS) is 12.2. The van der Waals surface area contributed by atoms with E-state index in [1.54, 1.807) is 0 Å². The molecule has 0 saturated carbocycles. The summed E-state index contributed by atoms with van der Waals surface area (Å²) in [6.07, 6.45) is 1.78. The van der Waals surface area contributed by atoms with Crippen LogP contribution < -0.4 is 5.32 Å². The van der Waals surface area contributed by atoms with Crippen molar-refractivity contribution < 1.29 is 61.6 Å². The molecule has 0 heterocycles. The van der Waals surface area contributed by atoms with Crippen LogP contribution in [0.15, 0.2) is 48.5 Å². The van der Waals surface area contributed by atoms with Gasteiger partial charge in [-0.05, 0) is 28.7 Å². The zero-order valence-electron chi connectivity index (χ0n) is 32.9. The maximum atomic E-state index is 12.2. The molecule has 0 atom stereocenters. The summed E-state index contributed by atoms with van der Waals surface area (Å²) in [5, 5.41) is 2.74. The van der Waals surface area contributed by atoms with Gasteiger partial charge in [-0.1, -0.05) is 61.9 Å². The third-order valence-electron chi connectivity index (χ3n) is 8.22. The van der Waals surface area contributed by atoms with E-state index in [0.29, 0.717) is 145 Å². The standard InChI is InChI=1S/C41H65NO13/c1-2-3-13-44-15-17-46-19-21-48-23-25-50-27-29-52-31-33-54-34-32-53-30-28-51-26-24-49-22-20-47-18-16-45-14-12-42-41(43)55-35-40-38-10-6-4-8-36(38)37-9-5-7-11-39(37)40/h4-11,40H,2-3,12-35H2,1H3,(H,42,43). The van der Waals surface area contributed by atoms with Gasteiger partial charge >= 0.3 is 6.09 Å².